The zero-order valence-corrected chi connectivity index (χ0v) is 19.4. The van der Waals surface area contributed by atoms with E-state index in [-0.39, 0.29) is 25.7 Å². The summed E-state index contributed by atoms with van der Waals surface area (Å²) in [5.41, 5.74) is 0.623. The Balaban J connectivity index is 2.33. The van der Waals surface area contributed by atoms with E-state index in [0.717, 1.165) is 0 Å². The number of carbonyl (C=O) groups excluding carboxylic acids is 2. The van der Waals surface area contributed by atoms with E-state index in [1.807, 2.05) is 0 Å². The zero-order chi connectivity index (χ0) is 24.6. The Bertz CT molecular complexity index is 1220. The molecule has 0 radical (unpaired) electrons. The average Bonchev–Trinajstić information content (AvgIpc) is 3.03. The molecule has 33 heavy (non-hydrogen) atoms. The maximum atomic E-state index is 12.0. The number of carbonyl (C=O) groups is 2. The van der Waals surface area contributed by atoms with E-state index in [0.29, 0.717) is 22.3 Å². The van der Waals surface area contributed by atoms with Gasteiger partial charge in [0.15, 0.2) is 0 Å². The minimum absolute atomic E-state index is 0.0283. The molecule has 10 nitrogen and oxygen atoms in total. The third kappa shape index (κ3) is 4.78. The number of methoxy groups -OCH3 is 2. The summed E-state index contributed by atoms with van der Waals surface area (Å²) in [6, 6.07) is 7.81. The molecule has 12 heteroatoms. The molecule has 2 N–H and O–H groups in total. The highest BCUT2D eigenvalue weighted by molar-refractivity contribution is 7.86. The molecule has 3 rings (SSSR count). The van der Waals surface area contributed by atoms with Crippen molar-refractivity contribution in [2.24, 2.45) is 0 Å². The fourth-order valence-corrected chi connectivity index (χ4v) is 5.29. The van der Waals surface area contributed by atoms with Crippen LogP contribution in [0.3, 0.4) is 0 Å². The van der Waals surface area contributed by atoms with Gasteiger partial charge in [0.05, 0.1) is 24.0 Å². The summed E-state index contributed by atoms with van der Waals surface area (Å²) in [7, 11) is -6.77. The van der Waals surface area contributed by atoms with Gasteiger partial charge in [-0.15, -0.1) is 0 Å². The Morgan fingerprint density at radius 2 is 1.12 bits per heavy atom. The molecule has 0 aliphatic heterocycles. The lowest BCUT2D eigenvalue weighted by atomic mass is 9.71. The SMILES string of the molecule is COC(=O)CCC1(CCC(=O)OC)c2cc(S(=O)(=O)O)ccc2-c2ccc(S(=O)(=O)O)cc21. The van der Waals surface area contributed by atoms with Crippen LogP contribution in [0.25, 0.3) is 11.1 Å². The predicted octanol–water partition coefficient (Wildman–Crippen LogP) is 2.35. The minimum Gasteiger partial charge on any atom is -0.469 e. The summed E-state index contributed by atoms with van der Waals surface area (Å²) >= 11 is 0. The van der Waals surface area contributed by atoms with E-state index < -0.39 is 47.4 Å². The lowest BCUT2D eigenvalue weighted by Gasteiger charge is -2.32. The molecule has 0 unspecified atom stereocenters. The van der Waals surface area contributed by atoms with Crippen LogP contribution >= 0.6 is 0 Å². The minimum atomic E-state index is -4.58. The molecule has 0 saturated carbocycles. The molecule has 0 atom stereocenters. The second kappa shape index (κ2) is 8.86. The molecule has 2 aromatic rings. The van der Waals surface area contributed by atoms with Crippen LogP contribution in [0.1, 0.15) is 36.8 Å². The van der Waals surface area contributed by atoms with Crippen molar-refractivity contribution in [3.05, 3.63) is 47.5 Å². The first kappa shape index (κ1) is 24.8. The van der Waals surface area contributed by atoms with Crippen LogP contribution in [0, 0.1) is 0 Å². The van der Waals surface area contributed by atoms with Gasteiger partial charge in [0.2, 0.25) is 0 Å². The van der Waals surface area contributed by atoms with Gasteiger partial charge in [-0.25, -0.2) is 0 Å². The van der Waals surface area contributed by atoms with Crippen LogP contribution < -0.4 is 0 Å². The van der Waals surface area contributed by atoms with Gasteiger partial charge < -0.3 is 9.47 Å². The van der Waals surface area contributed by atoms with Crippen molar-refractivity contribution in [3.63, 3.8) is 0 Å². The van der Waals surface area contributed by atoms with Crippen LogP contribution in [0.5, 0.6) is 0 Å². The molecule has 0 fully saturated rings. The molecular weight excluding hydrogens is 476 g/mol. The second-order valence-electron chi connectivity index (χ2n) is 7.60. The summed E-state index contributed by atoms with van der Waals surface area (Å²) in [4.78, 5) is 23.2. The fourth-order valence-electron chi connectivity index (χ4n) is 4.27. The third-order valence-corrected chi connectivity index (χ3v) is 7.57. The maximum absolute atomic E-state index is 12.0. The van der Waals surface area contributed by atoms with Gasteiger partial charge in [0.1, 0.15) is 0 Å². The van der Waals surface area contributed by atoms with Gasteiger partial charge in [-0.05, 0) is 59.4 Å². The molecule has 178 valence electrons. The van der Waals surface area contributed by atoms with Gasteiger partial charge in [-0.2, -0.15) is 16.8 Å². The summed E-state index contributed by atoms with van der Waals surface area (Å²) in [5, 5.41) is 0. The number of hydrogen-bond donors (Lipinski definition) is 2. The highest BCUT2D eigenvalue weighted by Gasteiger charge is 2.44. The van der Waals surface area contributed by atoms with Crippen LogP contribution in [0.15, 0.2) is 46.2 Å². The van der Waals surface area contributed by atoms with Crippen molar-refractivity contribution in [1.82, 2.24) is 0 Å². The highest BCUT2D eigenvalue weighted by Crippen LogP contribution is 2.54. The number of hydrogen-bond acceptors (Lipinski definition) is 8. The van der Waals surface area contributed by atoms with Gasteiger partial charge in [0, 0.05) is 18.3 Å². The summed E-state index contributed by atoms with van der Waals surface area (Å²) in [5.74, 6) is -1.14. The second-order valence-corrected chi connectivity index (χ2v) is 10.4. The van der Waals surface area contributed by atoms with Gasteiger partial charge in [-0.3, -0.25) is 18.7 Å². The van der Waals surface area contributed by atoms with Gasteiger partial charge in [0.25, 0.3) is 20.2 Å². The Morgan fingerprint density at radius 3 is 1.42 bits per heavy atom. The van der Waals surface area contributed by atoms with Crippen molar-refractivity contribution < 1.29 is 45.0 Å². The van der Waals surface area contributed by atoms with Gasteiger partial charge >= 0.3 is 11.9 Å². The Morgan fingerprint density at radius 1 is 0.758 bits per heavy atom. The molecule has 0 saturated heterocycles. The number of ether oxygens (including phenoxy) is 2. The Kier molecular flexibility index (Phi) is 6.67. The fraction of sp³-hybridized carbons (Fsp3) is 0.333. The van der Waals surface area contributed by atoms with E-state index in [1.165, 1.54) is 50.6 Å². The van der Waals surface area contributed by atoms with E-state index in [4.69, 9.17) is 9.47 Å². The van der Waals surface area contributed by atoms with E-state index >= 15 is 0 Å². The lowest BCUT2D eigenvalue weighted by Crippen LogP contribution is -2.28. The number of fused-ring (bicyclic) bond motifs is 3. The molecular formula is C21H22O10S2. The summed E-state index contributed by atoms with van der Waals surface area (Å²) in [6.45, 7) is 0. The monoisotopic (exact) mass is 498 g/mol. The number of esters is 2. The first-order valence-corrected chi connectivity index (χ1v) is 12.6. The standard InChI is InChI=1S/C21H22O10S2/c1-30-19(22)7-9-21(10-8-20(23)31-2)17-11-13(32(24,25)26)3-5-15(17)16-6-4-14(12-18(16)21)33(27,28)29/h3-6,11-12H,7-10H2,1-2H3,(H,24,25,26)(H,27,28,29). The lowest BCUT2D eigenvalue weighted by molar-refractivity contribution is -0.141. The topological polar surface area (TPSA) is 161 Å². The largest absolute Gasteiger partial charge is 0.469 e. The smallest absolute Gasteiger partial charge is 0.305 e. The molecule has 1 aliphatic rings. The van der Waals surface area contributed by atoms with Crippen molar-refractivity contribution in [2.45, 2.75) is 40.9 Å². The van der Waals surface area contributed by atoms with E-state index in [2.05, 4.69) is 0 Å². The Hall–Kier alpha value is -2.80. The first-order chi connectivity index (χ1) is 15.3. The predicted molar refractivity (Wildman–Crippen MR) is 115 cm³/mol. The number of rotatable bonds is 8. The highest BCUT2D eigenvalue weighted by atomic mass is 32.2. The van der Waals surface area contributed by atoms with Crippen molar-refractivity contribution in [3.8, 4) is 11.1 Å². The van der Waals surface area contributed by atoms with E-state index in [1.54, 1.807) is 0 Å². The Labute approximate surface area is 191 Å². The molecule has 0 spiro atoms. The van der Waals surface area contributed by atoms with Crippen molar-refractivity contribution >= 4 is 32.2 Å². The summed E-state index contributed by atoms with van der Waals surface area (Å²) < 4.78 is 75.9. The zero-order valence-electron chi connectivity index (χ0n) is 17.8. The van der Waals surface area contributed by atoms with Crippen LogP contribution in [-0.4, -0.2) is 52.1 Å². The quantitative estimate of drug-likeness (QED) is 0.408. The van der Waals surface area contributed by atoms with Crippen LogP contribution in [0.4, 0.5) is 0 Å². The molecule has 1 aliphatic carbocycles. The molecule has 0 heterocycles. The van der Waals surface area contributed by atoms with Crippen LogP contribution in [0.2, 0.25) is 0 Å². The molecule has 0 aromatic heterocycles. The van der Waals surface area contributed by atoms with Crippen LogP contribution in [-0.2, 0) is 44.7 Å². The molecule has 0 bridgehead atoms. The third-order valence-electron chi connectivity index (χ3n) is 5.87. The average molecular weight is 499 g/mol. The van der Waals surface area contributed by atoms with E-state index in [9.17, 15) is 35.5 Å². The molecule has 2 aromatic carbocycles. The number of benzene rings is 2. The first-order valence-electron chi connectivity index (χ1n) is 9.71. The maximum Gasteiger partial charge on any atom is 0.305 e. The normalized spacial score (nSPS) is 14.3. The molecule has 0 amide bonds. The summed E-state index contributed by atoms with van der Waals surface area (Å²) in [6.07, 6.45) is -0.216. The van der Waals surface area contributed by atoms with Gasteiger partial charge in [-0.1, -0.05) is 12.1 Å². The van der Waals surface area contributed by atoms with Crippen molar-refractivity contribution in [2.75, 3.05) is 14.2 Å². The van der Waals surface area contributed by atoms with Crippen molar-refractivity contribution in [1.29, 1.82) is 0 Å².